The van der Waals surface area contributed by atoms with Crippen molar-refractivity contribution in [3.63, 3.8) is 0 Å². The molecule has 0 heterocycles. The van der Waals surface area contributed by atoms with Gasteiger partial charge in [0.25, 0.3) is 0 Å². The van der Waals surface area contributed by atoms with Crippen LogP contribution in [0.2, 0.25) is 0 Å². The zero-order chi connectivity index (χ0) is 19.8. The lowest BCUT2D eigenvalue weighted by atomic mass is 10.2. The molecular weight excluding hydrogens is 366 g/mol. The summed E-state index contributed by atoms with van der Waals surface area (Å²) in [6.07, 6.45) is 2.48. The zero-order valence-corrected chi connectivity index (χ0v) is 17.5. The van der Waals surface area contributed by atoms with Gasteiger partial charge < -0.3 is 14.4 Å². The second kappa shape index (κ2) is 10.1. The van der Waals surface area contributed by atoms with E-state index in [1.807, 2.05) is 36.0 Å². The fraction of sp³-hybridized carbons (Fsp3) is 0.250. The second-order valence-electron chi connectivity index (χ2n) is 6.43. The van der Waals surface area contributed by atoms with Gasteiger partial charge in [0.05, 0.1) is 14.2 Å². The average molecular weight is 394 g/mol. The highest BCUT2D eigenvalue weighted by molar-refractivity contribution is 7.99. The average Bonchev–Trinajstić information content (AvgIpc) is 2.76. The van der Waals surface area contributed by atoms with Gasteiger partial charge in [-0.1, -0.05) is 13.3 Å². The minimum absolute atomic E-state index is 0.848. The fourth-order valence-corrected chi connectivity index (χ4v) is 3.93. The highest BCUT2D eigenvalue weighted by Crippen LogP contribution is 2.36. The Morgan fingerprint density at radius 2 is 1.11 bits per heavy atom. The van der Waals surface area contributed by atoms with E-state index >= 15 is 0 Å². The van der Waals surface area contributed by atoms with Crippen molar-refractivity contribution in [1.29, 1.82) is 0 Å². The molecule has 0 unspecified atom stereocenters. The minimum atomic E-state index is 0.848. The van der Waals surface area contributed by atoms with Gasteiger partial charge in [-0.15, -0.1) is 11.8 Å². The molecule has 3 aromatic rings. The molecule has 0 amide bonds. The smallest absolute Gasteiger partial charge is 0.119 e. The summed E-state index contributed by atoms with van der Waals surface area (Å²) in [4.78, 5) is 3.54. The third-order valence-electron chi connectivity index (χ3n) is 4.52. The van der Waals surface area contributed by atoms with E-state index in [0.29, 0.717) is 0 Å². The molecule has 28 heavy (non-hydrogen) atoms. The number of benzene rings is 3. The molecule has 3 nitrogen and oxygen atoms in total. The van der Waals surface area contributed by atoms with Crippen molar-refractivity contribution in [3.05, 3.63) is 72.8 Å². The Balaban J connectivity index is 1.92. The van der Waals surface area contributed by atoms with Gasteiger partial charge in [-0.05, 0) is 85.0 Å². The van der Waals surface area contributed by atoms with Gasteiger partial charge in [0, 0.05) is 22.0 Å². The third kappa shape index (κ3) is 5.02. The monoisotopic (exact) mass is 393 g/mol. The number of hydrogen-bond acceptors (Lipinski definition) is 4. The van der Waals surface area contributed by atoms with Gasteiger partial charge in [-0.2, -0.15) is 0 Å². The number of ether oxygens (including phenoxy) is 2. The molecule has 4 heteroatoms. The normalized spacial score (nSPS) is 10.5. The Morgan fingerprint density at radius 1 is 0.679 bits per heavy atom. The molecule has 0 fully saturated rings. The largest absolute Gasteiger partial charge is 0.497 e. The van der Waals surface area contributed by atoms with Crippen molar-refractivity contribution >= 4 is 28.8 Å². The first-order valence-electron chi connectivity index (χ1n) is 9.56. The van der Waals surface area contributed by atoms with Crippen LogP contribution in [0.15, 0.2) is 77.7 Å². The maximum absolute atomic E-state index is 5.32. The molecule has 0 bridgehead atoms. The summed E-state index contributed by atoms with van der Waals surface area (Å²) in [6, 6.07) is 25.0. The van der Waals surface area contributed by atoms with E-state index in [0.717, 1.165) is 34.3 Å². The molecule has 146 valence electrons. The molecule has 0 atom stereocenters. The zero-order valence-electron chi connectivity index (χ0n) is 16.7. The van der Waals surface area contributed by atoms with Crippen molar-refractivity contribution in [2.24, 2.45) is 0 Å². The van der Waals surface area contributed by atoms with Gasteiger partial charge in [0.2, 0.25) is 0 Å². The van der Waals surface area contributed by atoms with Crippen molar-refractivity contribution < 1.29 is 9.47 Å². The van der Waals surface area contributed by atoms with Gasteiger partial charge in [-0.25, -0.2) is 0 Å². The SMILES string of the molecule is CCCCSc1ccc(N(c2ccc(OC)cc2)c2ccc(OC)cc2)cc1. The minimum Gasteiger partial charge on any atom is -0.497 e. The van der Waals surface area contributed by atoms with Crippen LogP contribution in [-0.2, 0) is 0 Å². The first-order chi connectivity index (χ1) is 13.7. The highest BCUT2D eigenvalue weighted by Gasteiger charge is 2.13. The Hall–Kier alpha value is -2.59. The van der Waals surface area contributed by atoms with E-state index in [9.17, 15) is 0 Å². The van der Waals surface area contributed by atoms with Crippen LogP contribution in [0.4, 0.5) is 17.1 Å². The van der Waals surface area contributed by atoms with E-state index in [4.69, 9.17) is 9.47 Å². The molecule has 0 aliphatic carbocycles. The highest BCUT2D eigenvalue weighted by atomic mass is 32.2. The van der Waals surface area contributed by atoms with Crippen LogP contribution in [0.5, 0.6) is 11.5 Å². The lowest BCUT2D eigenvalue weighted by Crippen LogP contribution is -2.09. The molecule has 0 radical (unpaired) electrons. The van der Waals surface area contributed by atoms with E-state index in [2.05, 4.69) is 60.4 Å². The lowest BCUT2D eigenvalue weighted by molar-refractivity contribution is 0.415. The van der Waals surface area contributed by atoms with E-state index < -0.39 is 0 Å². The molecule has 0 saturated heterocycles. The fourth-order valence-electron chi connectivity index (χ4n) is 2.94. The summed E-state index contributed by atoms with van der Waals surface area (Å²) < 4.78 is 10.6. The summed E-state index contributed by atoms with van der Waals surface area (Å²) in [7, 11) is 3.37. The molecular formula is C24H27NO2S. The first-order valence-corrected chi connectivity index (χ1v) is 10.5. The topological polar surface area (TPSA) is 21.7 Å². The van der Waals surface area contributed by atoms with Gasteiger partial charge >= 0.3 is 0 Å². The lowest BCUT2D eigenvalue weighted by Gasteiger charge is -2.26. The van der Waals surface area contributed by atoms with Gasteiger partial charge in [0.1, 0.15) is 11.5 Å². The van der Waals surface area contributed by atoms with Crippen LogP contribution in [0.3, 0.4) is 0 Å². The first kappa shape index (κ1) is 20.2. The van der Waals surface area contributed by atoms with Crippen LogP contribution in [-0.4, -0.2) is 20.0 Å². The van der Waals surface area contributed by atoms with E-state index in [1.54, 1.807) is 14.2 Å². The predicted molar refractivity (Wildman–Crippen MR) is 120 cm³/mol. The Kier molecular flexibility index (Phi) is 7.26. The summed E-state index contributed by atoms with van der Waals surface area (Å²) in [5.74, 6) is 2.86. The standard InChI is InChI=1S/C24H27NO2S/c1-4-5-18-28-24-16-10-21(11-17-24)25(19-6-12-22(26-2)13-7-19)20-8-14-23(27-3)15-9-20/h6-17H,4-5,18H2,1-3H3. The Bertz CT molecular complexity index is 798. The van der Waals surface area contributed by atoms with Gasteiger partial charge in [-0.3, -0.25) is 0 Å². The van der Waals surface area contributed by atoms with Gasteiger partial charge in [0.15, 0.2) is 0 Å². The predicted octanol–water partition coefficient (Wildman–Crippen LogP) is 7.07. The number of unbranched alkanes of at least 4 members (excludes halogenated alkanes) is 1. The second-order valence-corrected chi connectivity index (χ2v) is 7.60. The van der Waals surface area contributed by atoms with E-state index in [1.165, 1.54) is 17.7 Å². The molecule has 3 aromatic carbocycles. The summed E-state index contributed by atoms with van der Waals surface area (Å²) in [5.41, 5.74) is 3.28. The number of rotatable bonds is 9. The van der Waals surface area contributed by atoms with Crippen LogP contribution in [0, 0.1) is 0 Å². The molecule has 0 saturated carbocycles. The molecule has 0 aliphatic heterocycles. The molecule has 0 aliphatic rings. The maximum atomic E-state index is 5.32. The van der Waals surface area contributed by atoms with Crippen molar-refractivity contribution in [3.8, 4) is 11.5 Å². The number of hydrogen-bond donors (Lipinski definition) is 0. The quantitative estimate of drug-likeness (QED) is 0.286. The number of thioether (sulfide) groups is 1. The Morgan fingerprint density at radius 3 is 1.50 bits per heavy atom. The number of nitrogens with zero attached hydrogens (tertiary/aromatic N) is 1. The van der Waals surface area contributed by atoms with Crippen molar-refractivity contribution in [2.45, 2.75) is 24.7 Å². The summed E-state index contributed by atoms with van der Waals surface area (Å²) in [6.45, 7) is 2.23. The van der Waals surface area contributed by atoms with Crippen LogP contribution >= 0.6 is 11.8 Å². The Labute approximate surface area is 172 Å². The van der Waals surface area contributed by atoms with E-state index in [-0.39, 0.29) is 0 Å². The molecule has 0 N–H and O–H groups in total. The summed E-state index contributed by atoms with van der Waals surface area (Å²) >= 11 is 1.92. The van der Waals surface area contributed by atoms with Crippen molar-refractivity contribution in [2.75, 3.05) is 24.9 Å². The van der Waals surface area contributed by atoms with Crippen LogP contribution < -0.4 is 14.4 Å². The molecule has 0 spiro atoms. The number of methoxy groups -OCH3 is 2. The number of anilines is 3. The molecule has 0 aromatic heterocycles. The maximum Gasteiger partial charge on any atom is 0.119 e. The molecule has 3 rings (SSSR count). The van der Waals surface area contributed by atoms with Crippen molar-refractivity contribution in [1.82, 2.24) is 0 Å². The third-order valence-corrected chi connectivity index (χ3v) is 5.62. The van der Waals surface area contributed by atoms with Crippen LogP contribution in [0.1, 0.15) is 19.8 Å². The summed E-state index contributed by atoms with van der Waals surface area (Å²) in [5, 5.41) is 0. The van der Waals surface area contributed by atoms with Crippen LogP contribution in [0.25, 0.3) is 0 Å².